The number of aromatic nitrogens is 3. The molecule has 5 heteroatoms. The third-order valence-corrected chi connectivity index (χ3v) is 4.12. The summed E-state index contributed by atoms with van der Waals surface area (Å²) in [7, 11) is 0. The number of H-pyrrole nitrogens is 1. The van der Waals surface area contributed by atoms with Gasteiger partial charge in [0.25, 0.3) is 5.56 Å². The predicted octanol–water partition coefficient (Wildman–Crippen LogP) is 2.62. The molecule has 2 aliphatic rings. The van der Waals surface area contributed by atoms with Crippen LogP contribution in [0.25, 0.3) is 27.8 Å². The molecule has 2 N–H and O–H groups in total. The first-order chi connectivity index (χ1) is 11.2. The Morgan fingerprint density at radius 1 is 1.22 bits per heavy atom. The summed E-state index contributed by atoms with van der Waals surface area (Å²) >= 11 is 0. The van der Waals surface area contributed by atoms with Gasteiger partial charge in [0.1, 0.15) is 5.69 Å². The lowest BCUT2D eigenvalue weighted by atomic mass is 10.1. The molecule has 0 bridgehead atoms. The number of pyridine rings is 1. The minimum absolute atomic E-state index is 0.0216. The van der Waals surface area contributed by atoms with E-state index in [0.29, 0.717) is 11.3 Å². The number of nitrogens with one attached hydrogen (secondary N) is 1. The summed E-state index contributed by atoms with van der Waals surface area (Å²) < 4.78 is 1.45. The average molecular weight is 305 g/mol. The highest BCUT2D eigenvalue weighted by atomic mass is 16.3. The highest BCUT2D eigenvalue weighted by molar-refractivity contribution is 5.93. The fourth-order valence-electron chi connectivity index (χ4n) is 2.87. The first kappa shape index (κ1) is 13.7. The zero-order valence-corrected chi connectivity index (χ0v) is 12.6. The lowest BCUT2D eigenvalue weighted by Gasteiger charge is -2.04. The summed E-state index contributed by atoms with van der Waals surface area (Å²) in [5, 5.41) is 14.7. The second-order valence-electron chi connectivity index (χ2n) is 5.59. The third kappa shape index (κ3) is 2.05. The summed E-state index contributed by atoms with van der Waals surface area (Å²) in [6, 6.07) is 13.3. The van der Waals surface area contributed by atoms with E-state index in [1.165, 1.54) is 4.68 Å². The topological polar surface area (TPSA) is 70.9 Å². The molecule has 4 rings (SSSR count). The van der Waals surface area contributed by atoms with Gasteiger partial charge in [-0.05, 0) is 30.2 Å². The maximum atomic E-state index is 12.7. The number of nitrogens with zero attached hydrogens (tertiary/aromatic N) is 2. The number of aromatic amines is 1. The molecule has 114 valence electrons. The number of para-hydroxylation sites is 1. The minimum Gasteiger partial charge on any atom is -0.392 e. The Morgan fingerprint density at radius 3 is 2.83 bits per heavy atom. The molecule has 2 heterocycles. The molecule has 0 atom stereocenters. The Hall–Kier alpha value is -2.92. The van der Waals surface area contributed by atoms with Crippen LogP contribution in [0.3, 0.4) is 0 Å². The van der Waals surface area contributed by atoms with Crippen LogP contribution in [-0.2, 0) is 6.61 Å². The van der Waals surface area contributed by atoms with Crippen molar-refractivity contribution < 1.29 is 5.11 Å². The zero-order chi connectivity index (χ0) is 16.0. The maximum Gasteiger partial charge on any atom is 0.282 e. The Balaban J connectivity index is 2.04. The Labute approximate surface area is 132 Å². The standard InChI is InChI=1S/C18H15N3O2/c1-11-4-2-3-5-16(11)21-18(23)14-9-19-15-8-12(10-22)6-7-13(15)17(14)20-21/h2-9,19,22H,10H2,1H3. The maximum absolute atomic E-state index is 12.7. The third-order valence-electron chi connectivity index (χ3n) is 4.12. The molecule has 23 heavy (non-hydrogen) atoms. The predicted molar refractivity (Wildman–Crippen MR) is 89.0 cm³/mol. The zero-order valence-electron chi connectivity index (χ0n) is 12.6. The van der Waals surface area contributed by atoms with Crippen LogP contribution in [0, 0.1) is 6.92 Å². The lowest BCUT2D eigenvalue weighted by molar-refractivity contribution is 0.282. The van der Waals surface area contributed by atoms with E-state index < -0.39 is 0 Å². The van der Waals surface area contributed by atoms with E-state index in [2.05, 4.69) is 10.1 Å². The van der Waals surface area contributed by atoms with Crippen molar-refractivity contribution >= 4 is 10.9 Å². The first-order valence-corrected chi connectivity index (χ1v) is 7.39. The molecule has 0 aliphatic carbocycles. The van der Waals surface area contributed by atoms with Gasteiger partial charge < -0.3 is 10.1 Å². The molecule has 0 amide bonds. The van der Waals surface area contributed by atoms with Crippen LogP contribution in [0.2, 0.25) is 0 Å². The summed E-state index contributed by atoms with van der Waals surface area (Å²) in [6.07, 6.45) is 1.68. The Morgan fingerprint density at radius 2 is 2.04 bits per heavy atom. The van der Waals surface area contributed by atoms with Crippen LogP contribution in [-0.4, -0.2) is 19.9 Å². The van der Waals surface area contributed by atoms with E-state index in [-0.39, 0.29) is 12.2 Å². The van der Waals surface area contributed by atoms with Gasteiger partial charge in [-0.2, -0.15) is 9.78 Å². The van der Waals surface area contributed by atoms with Gasteiger partial charge in [-0.15, -0.1) is 0 Å². The number of rotatable bonds is 2. The van der Waals surface area contributed by atoms with Crippen LogP contribution in [0.4, 0.5) is 0 Å². The van der Waals surface area contributed by atoms with Crippen molar-refractivity contribution in [2.45, 2.75) is 13.5 Å². The van der Waals surface area contributed by atoms with Gasteiger partial charge in [0, 0.05) is 17.1 Å². The van der Waals surface area contributed by atoms with E-state index in [1.54, 1.807) is 6.20 Å². The molecular formula is C18H15N3O2. The Kier molecular flexibility index (Phi) is 3.02. The number of fused-ring (bicyclic) bond motifs is 3. The van der Waals surface area contributed by atoms with Crippen LogP contribution in [0.15, 0.2) is 53.5 Å². The van der Waals surface area contributed by atoms with Crippen molar-refractivity contribution in [2.75, 3.05) is 0 Å². The van der Waals surface area contributed by atoms with Crippen molar-refractivity contribution in [3.05, 3.63) is 70.1 Å². The number of hydrogen-bond donors (Lipinski definition) is 2. The second kappa shape index (κ2) is 5.07. The number of benzene rings is 2. The highest BCUT2D eigenvalue weighted by Crippen LogP contribution is 2.27. The molecular weight excluding hydrogens is 290 g/mol. The van der Waals surface area contributed by atoms with E-state index >= 15 is 0 Å². The van der Waals surface area contributed by atoms with Gasteiger partial charge in [0.15, 0.2) is 0 Å². The minimum atomic E-state index is -0.140. The van der Waals surface area contributed by atoms with E-state index in [4.69, 9.17) is 0 Å². The monoisotopic (exact) mass is 305 g/mol. The number of aryl methyl sites for hydroxylation is 1. The average Bonchev–Trinajstić information content (AvgIpc) is 2.92. The van der Waals surface area contributed by atoms with E-state index in [9.17, 15) is 9.90 Å². The number of aliphatic hydroxyl groups is 1. The van der Waals surface area contributed by atoms with Crippen molar-refractivity contribution in [1.29, 1.82) is 0 Å². The van der Waals surface area contributed by atoms with Crippen molar-refractivity contribution in [2.24, 2.45) is 0 Å². The van der Waals surface area contributed by atoms with Crippen LogP contribution in [0.5, 0.6) is 0 Å². The van der Waals surface area contributed by atoms with Crippen molar-refractivity contribution in [3.8, 4) is 16.9 Å². The summed E-state index contributed by atoms with van der Waals surface area (Å²) in [5.41, 5.74) is 4.52. The lowest BCUT2D eigenvalue weighted by Crippen LogP contribution is -2.15. The molecule has 0 spiro atoms. The van der Waals surface area contributed by atoms with Crippen LogP contribution in [0.1, 0.15) is 11.1 Å². The van der Waals surface area contributed by atoms with E-state index in [0.717, 1.165) is 27.7 Å². The number of aliphatic hydroxyl groups excluding tert-OH is 1. The summed E-state index contributed by atoms with van der Waals surface area (Å²) in [6.45, 7) is 1.94. The van der Waals surface area contributed by atoms with Crippen LogP contribution >= 0.6 is 0 Å². The van der Waals surface area contributed by atoms with Gasteiger partial charge in [0.2, 0.25) is 0 Å². The van der Waals surface area contributed by atoms with Crippen molar-refractivity contribution in [3.63, 3.8) is 0 Å². The van der Waals surface area contributed by atoms with Gasteiger partial charge in [-0.3, -0.25) is 4.79 Å². The smallest absolute Gasteiger partial charge is 0.282 e. The molecule has 2 aromatic rings. The van der Waals surface area contributed by atoms with Crippen molar-refractivity contribution in [1.82, 2.24) is 14.8 Å². The van der Waals surface area contributed by atoms with Gasteiger partial charge in [0.05, 0.1) is 17.9 Å². The van der Waals surface area contributed by atoms with Gasteiger partial charge >= 0.3 is 0 Å². The molecule has 0 radical (unpaired) electrons. The van der Waals surface area contributed by atoms with Gasteiger partial charge in [-0.25, -0.2) is 0 Å². The Bertz CT molecular complexity index is 1050. The molecule has 0 fully saturated rings. The SMILES string of the molecule is Cc1ccccc1-n1nc2c3ccc(CO)cc3[nH]cc-2c1=O. The summed E-state index contributed by atoms with van der Waals surface area (Å²) in [5.74, 6) is 0. The molecule has 5 nitrogen and oxygen atoms in total. The largest absolute Gasteiger partial charge is 0.392 e. The molecule has 0 saturated carbocycles. The molecule has 2 aliphatic heterocycles. The molecule has 0 unspecified atom stereocenters. The fraction of sp³-hybridized carbons (Fsp3) is 0.111. The molecule has 0 saturated heterocycles. The van der Waals surface area contributed by atoms with Gasteiger partial charge in [-0.1, -0.05) is 30.3 Å². The molecule has 2 aromatic carbocycles. The second-order valence-corrected chi connectivity index (χ2v) is 5.59. The quantitative estimate of drug-likeness (QED) is 0.598. The highest BCUT2D eigenvalue weighted by Gasteiger charge is 2.19. The normalized spacial score (nSPS) is 11.4. The fourth-order valence-corrected chi connectivity index (χ4v) is 2.87. The number of hydrogen-bond acceptors (Lipinski definition) is 3. The van der Waals surface area contributed by atoms with E-state index in [1.807, 2.05) is 49.4 Å². The summed E-state index contributed by atoms with van der Waals surface area (Å²) in [4.78, 5) is 15.8. The first-order valence-electron chi connectivity index (χ1n) is 7.39. The van der Waals surface area contributed by atoms with Crippen LogP contribution < -0.4 is 5.56 Å². The molecule has 0 aromatic heterocycles.